The van der Waals surface area contributed by atoms with E-state index < -0.39 is 6.10 Å². The average molecular weight is 215 g/mol. The van der Waals surface area contributed by atoms with Gasteiger partial charge in [0.05, 0.1) is 12.7 Å². The molecule has 3 heteroatoms. The van der Waals surface area contributed by atoms with Gasteiger partial charge < -0.3 is 15.2 Å². The van der Waals surface area contributed by atoms with Gasteiger partial charge in [0.15, 0.2) is 0 Å². The summed E-state index contributed by atoms with van der Waals surface area (Å²) in [6, 6.07) is 0.437. The van der Waals surface area contributed by atoms with Crippen molar-refractivity contribution in [2.75, 3.05) is 20.3 Å². The van der Waals surface area contributed by atoms with Crippen LogP contribution in [0.4, 0.5) is 0 Å². The molecule has 0 saturated heterocycles. The van der Waals surface area contributed by atoms with E-state index in [-0.39, 0.29) is 0 Å². The average Bonchev–Trinajstić information content (AvgIpc) is 2.14. The number of aliphatic hydroxyl groups is 1. The Balaban J connectivity index is 3.48. The first-order valence-corrected chi connectivity index (χ1v) is 5.60. The monoisotopic (exact) mass is 215 g/mol. The molecule has 2 N–H and O–H groups in total. The standard InChI is InChI=1S/C12H25NO2/c1-10(2)6-5-7-11(3)13-8-12(14)9-15-4/h6,11-14H,5,7-9H2,1-4H3. The van der Waals surface area contributed by atoms with Crippen LogP contribution in [-0.2, 0) is 4.74 Å². The second kappa shape index (κ2) is 8.89. The number of allylic oxidation sites excluding steroid dienone is 2. The van der Waals surface area contributed by atoms with Crippen molar-refractivity contribution in [3.05, 3.63) is 11.6 Å². The molecule has 0 amide bonds. The van der Waals surface area contributed by atoms with Gasteiger partial charge in [-0.15, -0.1) is 0 Å². The number of methoxy groups -OCH3 is 1. The van der Waals surface area contributed by atoms with Crippen molar-refractivity contribution >= 4 is 0 Å². The summed E-state index contributed by atoms with van der Waals surface area (Å²) in [4.78, 5) is 0. The van der Waals surface area contributed by atoms with Crippen molar-refractivity contribution in [2.45, 2.75) is 45.8 Å². The fourth-order valence-electron chi connectivity index (χ4n) is 1.31. The van der Waals surface area contributed by atoms with E-state index in [4.69, 9.17) is 4.74 Å². The van der Waals surface area contributed by atoms with E-state index in [0.717, 1.165) is 12.8 Å². The molecule has 0 aliphatic heterocycles. The first kappa shape index (κ1) is 14.6. The Morgan fingerprint density at radius 2 is 2.13 bits per heavy atom. The van der Waals surface area contributed by atoms with Crippen LogP contribution in [0.25, 0.3) is 0 Å². The zero-order chi connectivity index (χ0) is 11.7. The summed E-state index contributed by atoms with van der Waals surface area (Å²) in [5.41, 5.74) is 1.36. The highest BCUT2D eigenvalue weighted by atomic mass is 16.5. The van der Waals surface area contributed by atoms with Gasteiger partial charge in [-0.25, -0.2) is 0 Å². The predicted octanol–water partition coefficient (Wildman–Crippen LogP) is 1.72. The fourth-order valence-corrected chi connectivity index (χ4v) is 1.31. The van der Waals surface area contributed by atoms with Crippen molar-refractivity contribution in [3.63, 3.8) is 0 Å². The minimum atomic E-state index is -0.402. The molecule has 0 aliphatic carbocycles. The van der Waals surface area contributed by atoms with E-state index >= 15 is 0 Å². The molecule has 2 unspecified atom stereocenters. The first-order valence-electron chi connectivity index (χ1n) is 5.60. The number of ether oxygens (including phenoxy) is 1. The van der Waals surface area contributed by atoms with Crippen molar-refractivity contribution < 1.29 is 9.84 Å². The molecule has 0 radical (unpaired) electrons. The maximum atomic E-state index is 9.41. The number of hydrogen-bond donors (Lipinski definition) is 2. The first-order chi connectivity index (χ1) is 7.06. The molecule has 0 aromatic rings. The Kier molecular flexibility index (Phi) is 8.67. The van der Waals surface area contributed by atoms with Crippen molar-refractivity contribution in [2.24, 2.45) is 0 Å². The van der Waals surface area contributed by atoms with Crippen LogP contribution in [0, 0.1) is 0 Å². The Bertz CT molecular complexity index is 176. The molecule has 0 fully saturated rings. The van der Waals surface area contributed by atoms with Gasteiger partial charge in [0, 0.05) is 19.7 Å². The summed E-state index contributed by atoms with van der Waals surface area (Å²) < 4.78 is 4.85. The topological polar surface area (TPSA) is 41.5 Å². The SMILES string of the molecule is COCC(O)CNC(C)CCC=C(C)C. The van der Waals surface area contributed by atoms with Crippen LogP contribution in [0.5, 0.6) is 0 Å². The fraction of sp³-hybridized carbons (Fsp3) is 0.833. The van der Waals surface area contributed by atoms with Crippen LogP contribution < -0.4 is 5.32 Å². The molecule has 0 aromatic carbocycles. The maximum Gasteiger partial charge on any atom is 0.0897 e. The lowest BCUT2D eigenvalue weighted by atomic mass is 10.1. The molecule has 0 saturated carbocycles. The van der Waals surface area contributed by atoms with Gasteiger partial charge in [0.1, 0.15) is 0 Å². The highest BCUT2D eigenvalue weighted by Gasteiger charge is 2.05. The summed E-state index contributed by atoms with van der Waals surface area (Å²) in [5, 5.41) is 12.7. The van der Waals surface area contributed by atoms with Gasteiger partial charge >= 0.3 is 0 Å². The number of rotatable bonds is 8. The minimum Gasteiger partial charge on any atom is -0.389 e. The summed E-state index contributed by atoms with van der Waals surface area (Å²) in [7, 11) is 1.60. The Hall–Kier alpha value is -0.380. The van der Waals surface area contributed by atoms with E-state index in [1.807, 2.05) is 0 Å². The highest BCUT2D eigenvalue weighted by Crippen LogP contribution is 2.01. The molecular formula is C12H25NO2. The van der Waals surface area contributed by atoms with Crippen LogP contribution in [0.2, 0.25) is 0 Å². The molecule has 15 heavy (non-hydrogen) atoms. The molecular weight excluding hydrogens is 190 g/mol. The zero-order valence-electron chi connectivity index (χ0n) is 10.4. The van der Waals surface area contributed by atoms with Crippen LogP contribution in [0.3, 0.4) is 0 Å². The third-order valence-electron chi connectivity index (χ3n) is 2.21. The van der Waals surface area contributed by atoms with E-state index in [9.17, 15) is 5.11 Å². The summed E-state index contributed by atoms with van der Waals surface area (Å²) >= 11 is 0. The molecule has 0 heterocycles. The van der Waals surface area contributed by atoms with E-state index in [1.165, 1.54) is 5.57 Å². The minimum absolute atomic E-state index is 0.397. The Morgan fingerprint density at radius 3 is 2.67 bits per heavy atom. The Morgan fingerprint density at radius 1 is 1.47 bits per heavy atom. The normalized spacial score (nSPS) is 14.7. The van der Waals surface area contributed by atoms with Crippen molar-refractivity contribution in [3.8, 4) is 0 Å². The van der Waals surface area contributed by atoms with Crippen molar-refractivity contribution in [1.82, 2.24) is 5.32 Å². The van der Waals surface area contributed by atoms with Crippen LogP contribution in [0.1, 0.15) is 33.6 Å². The Labute approximate surface area is 93.5 Å². The molecule has 3 nitrogen and oxygen atoms in total. The van der Waals surface area contributed by atoms with Gasteiger partial charge in [-0.3, -0.25) is 0 Å². The third kappa shape index (κ3) is 9.91. The molecule has 0 aliphatic rings. The second-order valence-electron chi connectivity index (χ2n) is 4.28. The van der Waals surface area contributed by atoms with Gasteiger partial charge in [-0.2, -0.15) is 0 Å². The lowest BCUT2D eigenvalue weighted by Gasteiger charge is -2.16. The largest absolute Gasteiger partial charge is 0.389 e. The van der Waals surface area contributed by atoms with Crippen LogP contribution in [-0.4, -0.2) is 37.5 Å². The molecule has 0 spiro atoms. The third-order valence-corrected chi connectivity index (χ3v) is 2.21. The summed E-state index contributed by atoms with van der Waals surface area (Å²) in [6.45, 7) is 7.36. The lowest BCUT2D eigenvalue weighted by Crippen LogP contribution is -2.35. The van der Waals surface area contributed by atoms with Gasteiger partial charge in [0.25, 0.3) is 0 Å². The molecule has 0 aromatic heterocycles. The maximum absolute atomic E-state index is 9.41. The number of hydrogen-bond acceptors (Lipinski definition) is 3. The summed E-state index contributed by atoms with van der Waals surface area (Å²) in [6.07, 6.45) is 4.03. The molecule has 0 bridgehead atoms. The van der Waals surface area contributed by atoms with Gasteiger partial charge in [-0.05, 0) is 33.6 Å². The van der Waals surface area contributed by atoms with Crippen LogP contribution in [0.15, 0.2) is 11.6 Å². The van der Waals surface area contributed by atoms with E-state index in [2.05, 4.69) is 32.2 Å². The zero-order valence-corrected chi connectivity index (χ0v) is 10.4. The smallest absolute Gasteiger partial charge is 0.0897 e. The van der Waals surface area contributed by atoms with Gasteiger partial charge in [-0.1, -0.05) is 11.6 Å². The molecule has 90 valence electrons. The lowest BCUT2D eigenvalue weighted by molar-refractivity contribution is 0.0629. The van der Waals surface area contributed by atoms with E-state index in [1.54, 1.807) is 7.11 Å². The molecule has 2 atom stereocenters. The number of aliphatic hydroxyl groups excluding tert-OH is 1. The highest BCUT2D eigenvalue weighted by molar-refractivity contribution is 4.93. The van der Waals surface area contributed by atoms with Crippen molar-refractivity contribution in [1.29, 1.82) is 0 Å². The second-order valence-corrected chi connectivity index (χ2v) is 4.28. The summed E-state index contributed by atoms with van der Waals surface area (Å²) in [5.74, 6) is 0. The number of nitrogens with one attached hydrogen (secondary N) is 1. The van der Waals surface area contributed by atoms with Gasteiger partial charge in [0.2, 0.25) is 0 Å². The predicted molar refractivity (Wildman–Crippen MR) is 64.0 cm³/mol. The van der Waals surface area contributed by atoms with E-state index in [0.29, 0.717) is 19.2 Å². The molecule has 0 rings (SSSR count). The van der Waals surface area contributed by atoms with Crippen LogP contribution >= 0.6 is 0 Å². The quantitative estimate of drug-likeness (QED) is 0.606.